The lowest BCUT2D eigenvalue weighted by Crippen LogP contribution is -2.67. The molecule has 4 nitrogen and oxygen atoms in total. The summed E-state index contributed by atoms with van der Waals surface area (Å²) in [6.07, 6.45) is 7.15. The zero-order valence-electron chi connectivity index (χ0n) is 13.5. The normalized spacial score (nSPS) is 26.5. The summed E-state index contributed by atoms with van der Waals surface area (Å²) in [6, 6.07) is -0.428. The molecule has 0 spiro atoms. The zero-order chi connectivity index (χ0) is 15.4. The monoisotopic (exact) mass is 312 g/mol. The molecule has 0 aliphatic carbocycles. The van der Waals surface area contributed by atoms with E-state index in [9.17, 15) is 9.59 Å². The minimum absolute atomic E-state index is 0.179. The van der Waals surface area contributed by atoms with Crippen molar-refractivity contribution in [3.8, 4) is 0 Å². The Hall–Kier alpha value is -0.710. The molecular weight excluding hydrogens is 284 g/mol. The highest BCUT2D eigenvalue weighted by Gasteiger charge is 2.47. The number of rotatable bonds is 6. The van der Waals surface area contributed by atoms with Crippen LogP contribution in [0.2, 0.25) is 0 Å². The van der Waals surface area contributed by atoms with Crippen LogP contribution in [-0.4, -0.2) is 58.8 Å². The summed E-state index contributed by atoms with van der Waals surface area (Å²) in [5.74, 6) is 1.68. The highest BCUT2D eigenvalue weighted by Crippen LogP contribution is 2.29. The number of fused-ring (bicyclic) bond motifs is 1. The van der Waals surface area contributed by atoms with Crippen molar-refractivity contribution in [1.29, 1.82) is 0 Å². The highest BCUT2D eigenvalue weighted by molar-refractivity contribution is 7.98. The first-order valence-corrected chi connectivity index (χ1v) is 9.57. The number of carbonyl (C=O) groups excluding carboxylic acids is 2. The molecule has 2 atom stereocenters. The van der Waals surface area contributed by atoms with Gasteiger partial charge in [0.05, 0.1) is 0 Å². The van der Waals surface area contributed by atoms with Gasteiger partial charge in [-0.2, -0.15) is 11.8 Å². The first kappa shape index (κ1) is 16.7. The maximum absolute atomic E-state index is 12.8. The summed E-state index contributed by atoms with van der Waals surface area (Å²) in [5.41, 5.74) is 0. The Labute approximate surface area is 132 Å². The van der Waals surface area contributed by atoms with Gasteiger partial charge in [-0.1, -0.05) is 13.8 Å². The van der Waals surface area contributed by atoms with Gasteiger partial charge in [0.1, 0.15) is 12.1 Å². The number of nitrogens with zero attached hydrogens (tertiary/aromatic N) is 2. The van der Waals surface area contributed by atoms with Crippen LogP contribution in [-0.2, 0) is 9.59 Å². The van der Waals surface area contributed by atoms with Crippen LogP contribution in [0.3, 0.4) is 0 Å². The molecule has 120 valence electrons. The molecule has 5 heteroatoms. The smallest absolute Gasteiger partial charge is 0.246 e. The Balaban J connectivity index is 2.10. The first-order valence-electron chi connectivity index (χ1n) is 8.17. The number of hydrogen-bond donors (Lipinski definition) is 0. The molecule has 2 amide bonds. The maximum atomic E-state index is 12.8. The van der Waals surface area contributed by atoms with E-state index in [1.54, 1.807) is 0 Å². The number of thioether (sulfide) groups is 1. The Morgan fingerprint density at radius 1 is 1.19 bits per heavy atom. The molecule has 21 heavy (non-hydrogen) atoms. The van der Waals surface area contributed by atoms with Gasteiger partial charge in [0.15, 0.2) is 0 Å². The van der Waals surface area contributed by atoms with E-state index in [2.05, 4.69) is 20.1 Å². The van der Waals surface area contributed by atoms with Crippen LogP contribution >= 0.6 is 11.8 Å². The number of amides is 2. The van der Waals surface area contributed by atoms with E-state index in [1.165, 1.54) is 0 Å². The number of carbonyl (C=O) groups is 2. The van der Waals surface area contributed by atoms with E-state index < -0.39 is 0 Å². The third-order valence-electron chi connectivity index (χ3n) is 4.57. The fourth-order valence-corrected chi connectivity index (χ4v) is 4.00. The van der Waals surface area contributed by atoms with E-state index in [0.29, 0.717) is 0 Å². The number of piperidine rings is 1. The van der Waals surface area contributed by atoms with Gasteiger partial charge in [-0.3, -0.25) is 9.59 Å². The standard InChI is InChI=1S/C16H28N2O2S/c1-12(2)14-16(20)17-9-5-4-8-13(17)15(19)18(14)10-6-7-11-21-3/h12-14H,4-11H2,1-3H3. The molecule has 0 aromatic carbocycles. The minimum Gasteiger partial charge on any atom is -0.329 e. The molecule has 2 unspecified atom stereocenters. The molecule has 2 saturated heterocycles. The second-order valence-corrected chi connectivity index (χ2v) is 7.45. The third kappa shape index (κ3) is 3.55. The van der Waals surface area contributed by atoms with Crippen molar-refractivity contribution in [3.05, 3.63) is 0 Å². The summed E-state index contributed by atoms with van der Waals surface area (Å²) in [7, 11) is 0. The van der Waals surface area contributed by atoms with Crippen LogP contribution in [0.15, 0.2) is 0 Å². The topological polar surface area (TPSA) is 40.6 Å². The number of hydrogen-bond acceptors (Lipinski definition) is 3. The number of unbranched alkanes of at least 4 members (excludes halogenated alkanes) is 1. The van der Waals surface area contributed by atoms with Gasteiger partial charge in [0.2, 0.25) is 11.8 Å². The summed E-state index contributed by atoms with van der Waals surface area (Å²) >= 11 is 1.84. The van der Waals surface area contributed by atoms with Gasteiger partial charge >= 0.3 is 0 Å². The Morgan fingerprint density at radius 2 is 1.95 bits per heavy atom. The first-order chi connectivity index (χ1) is 10.1. The average molecular weight is 312 g/mol. The van der Waals surface area contributed by atoms with Crippen molar-refractivity contribution in [2.75, 3.05) is 25.1 Å². The molecule has 2 aliphatic rings. The van der Waals surface area contributed by atoms with Crippen LogP contribution < -0.4 is 0 Å². The van der Waals surface area contributed by atoms with Gasteiger partial charge in [0.25, 0.3) is 0 Å². The van der Waals surface area contributed by atoms with E-state index in [1.807, 2.05) is 21.6 Å². The van der Waals surface area contributed by atoms with Crippen LogP contribution in [0.5, 0.6) is 0 Å². The summed E-state index contributed by atoms with van der Waals surface area (Å²) in [4.78, 5) is 29.3. The van der Waals surface area contributed by atoms with E-state index in [0.717, 1.165) is 50.9 Å². The van der Waals surface area contributed by atoms with Gasteiger partial charge in [-0.05, 0) is 50.0 Å². The lowest BCUT2D eigenvalue weighted by atomic mass is 9.90. The van der Waals surface area contributed by atoms with Crippen LogP contribution in [0.25, 0.3) is 0 Å². The molecular formula is C16H28N2O2S. The van der Waals surface area contributed by atoms with E-state index in [4.69, 9.17) is 0 Å². The van der Waals surface area contributed by atoms with Crippen LogP contribution in [0.4, 0.5) is 0 Å². The molecule has 2 fully saturated rings. The molecule has 2 rings (SSSR count). The van der Waals surface area contributed by atoms with Crippen LogP contribution in [0.1, 0.15) is 46.0 Å². The van der Waals surface area contributed by atoms with Crippen molar-refractivity contribution in [2.24, 2.45) is 5.92 Å². The van der Waals surface area contributed by atoms with Crippen molar-refractivity contribution < 1.29 is 9.59 Å². The summed E-state index contributed by atoms with van der Waals surface area (Å²) in [6.45, 7) is 5.60. The fourth-order valence-electron chi connectivity index (χ4n) is 3.51. The quantitative estimate of drug-likeness (QED) is 0.707. The lowest BCUT2D eigenvalue weighted by molar-refractivity contribution is -0.165. The molecule has 0 aromatic rings. The van der Waals surface area contributed by atoms with E-state index >= 15 is 0 Å². The molecule has 0 saturated carbocycles. The minimum atomic E-state index is -0.249. The van der Waals surface area contributed by atoms with Crippen molar-refractivity contribution in [2.45, 2.75) is 58.0 Å². The highest BCUT2D eigenvalue weighted by atomic mass is 32.2. The summed E-state index contributed by atoms with van der Waals surface area (Å²) in [5, 5.41) is 0. The van der Waals surface area contributed by atoms with Gasteiger partial charge < -0.3 is 9.80 Å². The molecule has 0 radical (unpaired) electrons. The van der Waals surface area contributed by atoms with Crippen LogP contribution in [0, 0.1) is 5.92 Å². The van der Waals surface area contributed by atoms with Gasteiger partial charge in [-0.25, -0.2) is 0 Å². The lowest BCUT2D eigenvalue weighted by Gasteiger charge is -2.48. The second kappa shape index (κ2) is 7.52. The Morgan fingerprint density at radius 3 is 2.62 bits per heavy atom. The molecule has 2 heterocycles. The van der Waals surface area contributed by atoms with Crippen molar-refractivity contribution in [3.63, 3.8) is 0 Å². The maximum Gasteiger partial charge on any atom is 0.246 e. The average Bonchev–Trinajstić information content (AvgIpc) is 2.48. The number of piperazine rings is 1. The predicted molar refractivity (Wildman–Crippen MR) is 87.3 cm³/mol. The molecule has 2 aliphatic heterocycles. The van der Waals surface area contributed by atoms with Gasteiger partial charge in [-0.15, -0.1) is 0 Å². The molecule has 0 bridgehead atoms. The van der Waals surface area contributed by atoms with Crippen molar-refractivity contribution >= 4 is 23.6 Å². The Bertz CT molecular complexity index is 386. The summed E-state index contributed by atoms with van der Waals surface area (Å²) < 4.78 is 0. The third-order valence-corrected chi connectivity index (χ3v) is 5.27. The van der Waals surface area contributed by atoms with Crippen molar-refractivity contribution in [1.82, 2.24) is 9.80 Å². The predicted octanol–water partition coefficient (Wildman–Crippen LogP) is 2.38. The second-order valence-electron chi connectivity index (χ2n) is 6.46. The largest absolute Gasteiger partial charge is 0.329 e. The van der Waals surface area contributed by atoms with Gasteiger partial charge in [0, 0.05) is 13.1 Å². The SMILES string of the molecule is CSCCCCN1C(=O)C2CCCCN2C(=O)C1C(C)C. The van der Waals surface area contributed by atoms with E-state index in [-0.39, 0.29) is 29.8 Å². The molecule has 0 aromatic heterocycles. The zero-order valence-corrected chi connectivity index (χ0v) is 14.3. The Kier molecular flexibility index (Phi) is 5.97. The molecule has 0 N–H and O–H groups in total. The fraction of sp³-hybridized carbons (Fsp3) is 0.875.